The number of piperidine rings is 1. The number of carbonyl (C=O) groups excluding carboxylic acids is 1. The zero-order valence-electron chi connectivity index (χ0n) is 12.7. The lowest BCUT2D eigenvalue weighted by Crippen LogP contribution is -2.38. The predicted molar refractivity (Wildman–Crippen MR) is 85.1 cm³/mol. The normalized spacial score (nSPS) is 15.9. The topological polar surface area (TPSA) is 63.4 Å². The summed E-state index contributed by atoms with van der Waals surface area (Å²) in [5, 5.41) is 0. The van der Waals surface area contributed by atoms with E-state index < -0.39 is 0 Å². The van der Waals surface area contributed by atoms with E-state index in [1.165, 1.54) is 11.9 Å². The fourth-order valence-corrected chi connectivity index (χ4v) is 3.25. The average molecular weight is 307 g/mol. The van der Waals surface area contributed by atoms with Gasteiger partial charge in [-0.1, -0.05) is 6.07 Å². The SMILES string of the molecule is O=C(c1cnccn1)N1CCC(c2cccc3nccn23)CC1. The molecule has 116 valence electrons. The molecule has 1 aliphatic heterocycles. The van der Waals surface area contributed by atoms with Crippen LogP contribution in [0.3, 0.4) is 0 Å². The first-order chi connectivity index (χ1) is 11.3. The van der Waals surface area contributed by atoms with Gasteiger partial charge in [-0.2, -0.15) is 0 Å². The molecule has 0 aliphatic carbocycles. The van der Waals surface area contributed by atoms with Crippen LogP contribution in [0.4, 0.5) is 0 Å². The smallest absolute Gasteiger partial charge is 0.274 e. The number of aromatic nitrogens is 4. The number of amides is 1. The zero-order chi connectivity index (χ0) is 15.6. The Balaban J connectivity index is 1.49. The van der Waals surface area contributed by atoms with E-state index in [0.29, 0.717) is 11.6 Å². The molecule has 0 radical (unpaired) electrons. The first-order valence-electron chi connectivity index (χ1n) is 7.80. The summed E-state index contributed by atoms with van der Waals surface area (Å²) in [6.07, 6.45) is 10.4. The second-order valence-electron chi connectivity index (χ2n) is 5.76. The average Bonchev–Trinajstić information content (AvgIpc) is 3.11. The Morgan fingerprint density at radius 2 is 1.96 bits per heavy atom. The van der Waals surface area contributed by atoms with Crippen LogP contribution in [0.25, 0.3) is 5.65 Å². The van der Waals surface area contributed by atoms with Crippen molar-refractivity contribution >= 4 is 11.6 Å². The van der Waals surface area contributed by atoms with Crippen molar-refractivity contribution in [3.8, 4) is 0 Å². The number of imidazole rings is 1. The Hall–Kier alpha value is -2.76. The van der Waals surface area contributed by atoms with Gasteiger partial charge in [0.1, 0.15) is 11.3 Å². The first-order valence-corrected chi connectivity index (χ1v) is 7.80. The number of carbonyl (C=O) groups is 1. The molecule has 6 nitrogen and oxygen atoms in total. The van der Waals surface area contributed by atoms with Crippen LogP contribution in [0.1, 0.15) is 34.9 Å². The molecule has 1 amide bonds. The molecule has 0 bridgehead atoms. The molecule has 0 N–H and O–H groups in total. The molecule has 0 atom stereocenters. The lowest BCUT2D eigenvalue weighted by molar-refractivity contribution is 0.0705. The molecule has 4 heterocycles. The van der Waals surface area contributed by atoms with Crippen LogP contribution in [0.5, 0.6) is 0 Å². The van der Waals surface area contributed by atoms with Crippen LogP contribution in [-0.4, -0.2) is 43.2 Å². The molecule has 0 spiro atoms. The van der Waals surface area contributed by atoms with E-state index in [9.17, 15) is 4.79 Å². The third-order valence-electron chi connectivity index (χ3n) is 4.44. The van der Waals surface area contributed by atoms with Crippen LogP contribution < -0.4 is 0 Å². The van der Waals surface area contributed by atoms with Crippen molar-refractivity contribution in [3.05, 3.63) is 60.6 Å². The molecule has 4 rings (SSSR count). The quantitative estimate of drug-likeness (QED) is 0.727. The van der Waals surface area contributed by atoms with E-state index in [4.69, 9.17) is 0 Å². The molecule has 1 saturated heterocycles. The highest BCUT2D eigenvalue weighted by Gasteiger charge is 2.26. The summed E-state index contributed by atoms with van der Waals surface area (Å²) >= 11 is 0. The summed E-state index contributed by atoms with van der Waals surface area (Å²) < 4.78 is 2.14. The third-order valence-corrected chi connectivity index (χ3v) is 4.44. The maximum absolute atomic E-state index is 12.4. The number of likely N-dealkylation sites (tertiary alicyclic amines) is 1. The highest BCUT2D eigenvalue weighted by Crippen LogP contribution is 2.28. The van der Waals surface area contributed by atoms with Crippen LogP contribution >= 0.6 is 0 Å². The number of nitrogens with zero attached hydrogens (tertiary/aromatic N) is 5. The van der Waals surface area contributed by atoms with Crippen molar-refractivity contribution in [2.24, 2.45) is 0 Å². The second kappa shape index (κ2) is 5.79. The summed E-state index contributed by atoms with van der Waals surface area (Å²) in [5.74, 6) is 0.413. The molecule has 0 saturated carbocycles. The van der Waals surface area contributed by atoms with Crippen LogP contribution in [0.2, 0.25) is 0 Å². The lowest BCUT2D eigenvalue weighted by Gasteiger charge is -2.32. The molecule has 3 aromatic rings. The van der Waals surface area contributed by atoms with Crippen LogP contribution in [0.15, 0.2) is 49.2 Å². The molecule has 6 heteroatoms. The number of rotatable bonds is 2. The van der Waals surface area contributed by atoms with Crippen LogP contribution in [0, 0.1) is 0 Å². The summed E-state index contributed by atoms with van der Waals surface area (Å²) in [6.45, 7) is 1.48. The van der Waals surface area contributed by atoms with Gasteiger partial charge in [0.15, 0.2) is 0 Å². The van der Waals surface area contributed by atoms with E-state index in [0.717, 1.165) is 31.6 Å². The minimum absolute atomic E-state index is 0.0302. The Kier molecular flexibility index (Phi) is 3.49. The van der Waals surface area contributed by atoms with Crippen molar-refractivity contribution in [1.29, 1.82) is 0 Å². The number of fused-ring (bicyclic) bond motifs is 1. The fourth-order valence-electron chi connectivity index (χ4n) is 3.25. The first kappa shape index (κ1) is 13.9. The van der Waals surface area contributed by atoms with E-state index in [1.807, 2.05) is 23.4 Å². The molecule has 1 fully saturated rings. The van der Waals surface area contributed by atoms with Gasteiger partial charge < -0.3 is 9.30 Å². The lowest BCUT2D eigenvalue weighted by atomic mass is 9.92. The fraction of sp³-hybridized carbons (Fsp3) is 0.294. The second-order valence-corrected chi connectivity index (χ2v) is 5.76. The zero-order valence-corrected chi connectivity index (χ0v) is 12.7. The number of hydrogen-bond donors (Lipinski definition) is 0. The summed E-state index contributed by atoms with van der Waals surface area (Å²) in [6, 6.07) is 6.21. The Morgan fingerprint density at radius 3 is 2.74 bits per heavy atom. The van der Waals surface area contributed by atoms with Gasteiger partial charge in [-0.05, 0) is 25.0 Å². The summed E-state index contributed by atoms with van der Waals surface area (Å²) in [4.78, 5) is 26.7. The van der Waals surface area contributed by atoms with Crippen LogP contribution in [-0.2, 0) is 0 Å². The number of hydrogen-bond acceptors (Lipinski definition) is 4. The van der Waals surface area contributed by atoms with E-state index in [1.54, 1.807) is 12.4 Å². The van der Waals surface area contributed by atoms with E-state index >= 15 is 0 Å². The molecular weight excluding hydrogens is 290 g/mol. The molecule has 1 aliphatic rings. The minimum atomic E-state index is -0.0302. The van der Waals surface area contributed by atoms with Gasteiger partial charge in [-0.3, -0.25) is 9.78 Å². The van der Waals surface area contributed by atoms with Gasteiger partial charge in [-0.25, -0.2) is 9.97 Å². The van der Waals surface area contributed by atoms with Gasteiger partial charge in [0, 0.05) is 49.5 Å². The standard InChI is InChI=1S/C17H17N5O/c23-17(14-12-18-6-7-19-14)21-9-4-13(5-10-21)15-2-1-3-16-20-8-11-22(15)16/h1-3,6-8,11-13H,4-5,9-10H2. The molecular formula is C17H17N5O. The maximum Gasteiger partial charge on any atom is 0.274 e. The Labute approximate surface area is 133 Å². The highest BCUT2D eigenvalue weighted by molar-refractivity contribution is 5.92. The van der Waals surface area contributed by atoms with Crippen molar-refractivity contribution in [2.75, 3.05) is 13.1 Å². The summed E-state index contributed by atoms with van der Waals surface area (Å²) in [5.41, 5.74) is 2.66. The van der Waals surface area contributed by atoms with E-state index in [2.05, 4.69) is 31.5 Å². The van der Waals surface area contributed by atoms with Gasteiger partial charge in [0.2, 0.25) is 0 Å². The highest BCUT2D eigenvalue weighted by atomic mass is 16.2. The largest absolute Gasteiger partial charge is 0.337 e. The minimum Gasteiger partial charge on any atom is -0.337 e. The monoisotopic (exact) mass is 307 g/mol. The number of pyridine rings is 1. The van der Waals surface area contributed by atoms with Gasteiger partial charge in [0.05, 0.1) is 6.20 Å². The molecule has 3 aromatic heterocycles. The van der Waals surface area contributed by atoms with Crippen molar-refractivity contribution in [2.45, 2.75) is 18.8 Å². The van der Waals surface area contributed by atoms with Gasteiger partial charge in [-0.15, -0.1) is 0 Å². The van der Waals surface area contributed by atoms with Crippen molar-refractivity contribution in [1.82, 2.24) is 24.3 Å². The summed E-state index contributed by atoms with van der Waals surface area (Å²) in [7, 11) is 0. The Morgan fingerprint density at radius 1 is 1.09 bits per heavy atom. The predicted octanol–water partition coefficient (Wildman–Crippen LogP) is 2.14. The van der Waals surface area contributed by atoms with Gasteiger partial charge in [0.25, 0.3) is 5.91 Å². The van der Waals surface area contributed by atoms with Crippen molar-refractivity contribution in [3.63, 3.8) is 0 Å². The Bertz CT molecular complexity index is 821. The maximum atomic E-state index is 12.4. The molecule has 0 aromatic carbocycles. The van der Waals surface area contributed by atoms with Gasteiger partial charge >= 0.3 is 0 Å². The molecule has 0 unspecified atom stereocenters. The van der Waals surface area contributed by atoms with E-state index in [-0.39, 0.29) is 5.91 Å². The molecule has 23 heavy (non-hydrogen) atoms. The van der Waals surface area contributed by atoms with Crippen molar-refractivity contribution < 1.29 is 4.79 Å². The third kappa shape index (κ3) is 2.56.